The average Bonchev–Trinajstić information content (AvgIpc) is 3.73. The Morgan fingerprint density at radius 3 is 2.39 bits per heavy atom. The first kappa shape index (κ1) is 24.6. The number of hydrogen-bond acceptors (Lipinski definition) is 5. The second-order valence-corrected chi connectivity index (χ2v) is 10.3. The predicted molar refractivity (Wildman–Crippen MR) is 137 cm³/mol. The van der Waals surface area contributed by atoms with Crippen molar-refractivity contribution < 1.29 is 14.3 Å². The SMILES string of the molecule is COc1cccc(CN2CCN(C(=O)c3cn(C4CCCCC4)cc(C(=O)NC4CC4)c3=O)CC2)c1. The van der Waals surface area contributed by atoms with E-state index in [4.69, 9.17) is 4.74 Å². The number of methoxy groups -OCH3 is 1. The van der Waals surface area contributed by atoms with Gasteiger partial charge in [0.15, 0.2) is 0 Å². The lowest BCUT2D eigenvalue weighted by Crippen LogP contribution is -2.49. The van der Waals surface area contributed by atoms with Crippen molar-refractivity contribution in [3.05, 3.63) is 63.6 Å². The molecule has 36 heavy (non-hydrogen) atoms. The quantitative estimate of drug-likeness (QED) is 0.642. The summed E-state index contributed by atoms with van der Waals surface area (Å²) >= 11 is 0. The summed E-state index contributed by atoms with van der Waals surface area (Å²) in [6.07, 6.45) is 10.7. The summed E-state index contributed by atoms with van der Waals surface area (Å²) < 4.78 is 7.29. The molecule has 8 heteroatoms. The summed E-state index contributed by atoms with van der Waals surface area (Å²) in [5.74, 6) is 0.206. The van der Waals surface area contributed by atoms with E-state index in [0.717, 1.165) is 63.9 Å². The number of carbonyl (C=O) groups excluding carboxylic acids is 2. The van der Waals surface area contributed by atoms with Crippen LogP contribution in [0.1, 0.15) is 77.3 Å². The smallest absolute Gasteiger partial charge is 0.259 e. The molecule has 3 fully saturated rings. The van der Waals surface area contributed by atoms with Crippen LogP contribution in [0.25, 0.3) is 0 Å². The van der Waals surface area contributed by atoms with Crippen molar-refractivity contribution in [3.63, 3.8) is 0 Å². The van der Waals surface area contributed by atoms with Gasteiger partial charge in [0.25, 0.3) is 11.8 Å². The van der Waals surface area contributed by atoms with Crippen LogP contribution < -0.4 is 15.5 Å². The van der Waals surface area contributed by atoms with Crippen LogP contribution in [0.5, 0.6) is 5.75 Å². The van der Waals surface area contributed by atoms with Crippen molar-refractivity contribution in [2.45, 2.75) is 63.6 Å². The summed E-state index contributed by atoms with van der Waals surface area (Å²) in [4.78, 5) is 43.9. The highest BCUT2D eigenvalue weighted by atomic mass is 16.5. The molecule has 2 heterocycles. The van der Waals surface area contributed by atoms with Gasteiger partial charge in [-0.15, -0.1) is 0 Å². The maximum Gasteiger partial charge on any atom is 0.259 e. The lowest BCUT2D eigenvalue weighted by molar-refractivity contribution is 0.0626. The van der Waals surface area contributed by atoms with Crippen LogP contribution in [0, 0.1) is 0 Å². The zero-order valence-corrected chi connectivity index (χ0v) is 21.1. The number of rotatable bonds is 7. The van der Waals surface area contributed by atoms with Crippen molar-refractivity contribution in [1.29, 1.82) is 0 Å². The molecular formula is C28H36N4O4. The molecule has 2 amide bonds. The highest BCUT2D eigenvalue weighted by Gasteiger charge is 2.30. The zero-order valence-electron chi connectivity index (χ0n) is 21.1. The number of piperazine rings is 1. The molecule has 1 N–H and O–H groups in total. The number of amides is 2. The van der Waals surface area contributed by atoms with E-state index in [9.17, 15) is 14.4 Å². The van der Waals surface area contributed by atoms with E-state index in [1.807, 2.05) is 22.8 Å². The topological polar surface area (TPSA) is 83.9 Å². The molecule has 0 bridgehead atoms. The molecule has 0 spiro atoms. The fourth-order valence-corrected chi connectivity index (χ4v) is 5.30. The highest BCUT2D eigenvalue weighted by Crippen LogP contribution is 2.28. The molecule has 2 aliphatic carbocycles. The molecule has 1 saturated heterocycles. The van der Waals surface area contributed by atoms with Gasteiger partial charge < -0.3 is 19.5 Å². The van der Waals surface area contributed by atoms with Crippen LogP contribution in [0.3, 0.4) is 0 Å². The Morgan fingerprint density at radius 2 is 1.69 bits per heavy atom. The Hall–Kier alpha value is -3.13. The number of benzene rings is 1. The summed E-state index contributed by atoms with van der Waals surface area (Å²) in [6.45, 7) is 3.32. The zero-order chi connectivity index (χ0) is 25.1. The van der Waals surface area contributed by atoms with Gasteiger partial charge in [0.1, 0.15) is 16.9 Å². The van der Waals surface area contributed by atoms with Crippen molar-refractivity contribution in [2.24, 2.45) is 0 Å². The number of hydrogen-bond donors (Lipinski definition) is 1. The summed E-state index contributed by atoms with van der Waals surface area (Å²) in [6, 6.07) is 8.39. The van der Waals surface area contributed by atoms with E-state index in [2.05, 4.69) is 16.3 Å². The molecular weight excluding hydrogens is 456 g/mol. The standard InChI is InChI=1S/C28H36N4O4/c1-36-23-9-5-6-20(16-23)17-30-12-14-31(15-13-30)28(35)25-19-32(22-7-3-2-4-8-22)18-24(26(25)33)27(34)29-21-10-11-21/h5-6,9,16,18-19,21-22H,2-4,7-8,10-15,17H2,1H3,(H,29,34). The Bertz CT molecular complexity index is 1160. The van der Waals surface area contributed by atoms with Crippen LogP contribution in [0.4, 0.5) is 0 Å². The molecule has 1 aromatic heterocycles. The highest BCUT2D eigenvalue weighted by molar-refractivity contribution is 5.99. The Balaban J connectivity index is 1.32. The van der Waals surface area contributed by atoms with Gasteiger partial charge in [-0.2, -0.15) is 0 Å². The van der Waals surface area contributed by atoms with E-state index in [1.54, 1.807) is 24.4 Å². The van der Waals surface area contributed by atoms with E-state index in [-0.39, 0.29) is 35.0 Å². The molecule has 5 rings (SSSR count). The number of nitrogens with zero attached hydrogens (tertiary/aromatic N) is 3. The minimum absolute atomic E-state index is 0.0926. The monoisotopic (exact) mass is 492 g/mol. The molecule has 0 atom stereocenters. The maximum absolute atomic E-state index is 13.6. The second kappa shape index (κ2) is 10.9. The molecule has 2 saturated carbocycles. The molecule has 2 aromatic rings. The lowest BCUT2D eigenvalue weighted by atomic mass is 9.95. The Kier molecular flexibility index (Phi) is 7.41. The van der Waals surface area contributed by atoms with Gasteiger partial charge in [0, 0.05) is 57.2 Å². The first-order chi connectivity index (χ1) is 17.5. The summed E-state index contributed by atoms with van der Waals surface area (Å²) in [5.41, 5.74) is 0.920. The number of aromatic nitrogens is 1. The Morgan fingerprint density at radius 1 is 0.972 bits per heavy atom. The second-order valence-electron chi connectivity index (χ2n) is 10.3. The maximum atomic E-state index is 13.6. The van der Waals surface area contributed by atoms with Gasteiger partial charge in [-0.25, -0.2) is 0 Å². The normalized spacial score (nSPS) is 19.2. The van der Waals surface area contributed by atoms with Crippen molar-refractivity contribution >= 4 is 11.8 Å². The first-order valence-electron chi connectivity index (χ1n) is 13.2. The van der Waals surface area contributed by atoms with Gasteiger partial charge in [-0.05, 0) is 43.4 Å². The van der Waals surface area contributed by atoms with Crippen LogP contribution in [0.2, 0.25) is 0 Å². The van der Waals surface area contributed by atoms with E-state index < -0.39 is 5.43 Å². The van der Waals surface area contributed by atoms with Crippen molar-refractivity contribution in [1.82, 2.24) is 19.7 Å². The first-order valence-corrected chi connectivity index (χ1v) is 13.2. The largest absolute Gasteiger partial charge is 0.497 e. The number of pyridine rings is 1. The van der Waals surface area contributed by atoms with Crippen molar-refractivity contribution in [3.8, 4) is 5.75 Å². The van der Waals surface area contributed by atoms with E-state index >= 15 is 0 Å². The fourth-order valence-electron chi connectivity index (χ4n) is 5.30. The third-order valence-corrected chi connectivity index (χ3v) is 7.63. The van der Waals surface area contributed by atoms with Crippen LogP contribution in [0.15, 0.2) is 41.5 Å². The van der Waals surface area contributed by atoms with Crippen LogP contribution in [-0.2, 0) is 6.54 Å². The van der Waals surface area contributed by atoms with Crippen molar-refractivity contribution in [2.75, 3.05) is 33.3 Å². The fraction of sp³-hybridized carbons (Fsp3) is 0.536. The van der Waals surface area contributed by atoms with Gasteiger partial charge in [-0.1, -0.05) is 31.4 Å². The average molecular weight is 493 g/mol. The molecule has 0 unspecified atom stereocenters. The molecule has 3 aliphatic rings. The third-order valence-electron chi connectivity index (χ3n) is 7.63. The lowest BCUT2D eigenvalue weighted by Gasteiger charge is -2.35. The van der Waals surface area contributed by atoms with Gasteiger partial charge in [-0.3, -0.25) is 19.3 Å². The summed E-state index contributed by atoms with van der Waals surface area (Å²) in [7, 11) is 1.66. The third kappa shape index (κ3) is 5.64. The predicted octanol–water partition coefficient (Wildman–Crippen LogP) is 3.21. The number of nitrogens with one attached hydrogen (secondary N) is 1. The minimum atomic E-state index is -0.455. The van der Waals surface area contributed by atoms with E-state index in [0.29, 0.717) is 13.1 Å². The molecule has 8 nitrogen and oxygen atoms in total. The number of carbonyl (C=O) groups is 2. The number of ether oxygens (including phenoxy) is 1. The molecule has 1 aromatic carbocycles. The van der Waals surface area contributed by atoms with Gasteiger partial charge >= 0.3 is 0 Å². The van der Waals surface area contributed by atoms with E-state index in [1.165, 1.54) is 12.0 Å². The summed E-state index contributed by atoms with van der Waals surface area (Å²) in [5, 5.41) is 2.93. The van der Waals surface area contributed by atoms with Gasteiger partial charge in [0.2, 0.25) is 5.43 Å². The van der Waals surface area contributed by atoms with Gasteiger partial charge in [0.05, 0.1) is 7.11 Å². The Labute approximate surface area is 212 Å². The molecule has 0 radical (unpaired) electrons. The van der Waals surface area contributed by atoms with Crippen LogP contribution in [-0.4, -0.2) is 65.5 Å². The molecule has 192 valence electrons. The minimum Gasteiger partial charge on any atom is -0.497 e. The van der Waals surface area contributed by atoms with Crippen LogP contribution >= 0.6 is 0 Å². The molecule has 1 aliphatic heterocycles.